The summed E-state index contributed by atoms with van der Waals surface area (Å²) in [6.45, 7) is -3.61. The van der Waals surface area contributed by atoms with Crippen molar-refractivity contribution in [1.82, 2.24) is 94.5 Å². The lowest BCUT2D eigenvalue weighted by atomic mass is 9.95. The van der Waals surface area contributed by atoms with Crippen LogP contribution in [-0.4, -0.2) is 300 Å². The molecule has 0 radical (unpaired) electrons. The maximum Gasteiger partial charge on any atom is 0.322 e. The summed E-state index contributed by atoms with van der Waals surface area (Å²) in [5.41, 5.74) is 18.1. The molecule has 1 aliphatic heterocycles. The van der Waals surface area contributed by atoms with E-state index in [9.17, 15) is 116 Å². The second-order valence-corrected chi connectivity index (χ2v) is 28.5. The topological polar surface area (TPSA) is 720 Å². The molecule has 0 spiro atoms. The second-order valence-electron chi connectivity index (χ2n) is 28.5. The van der Waals surface area contributed by atoms with E-state index < -0.39 is 282 Å². The molecule has 0 bridgehead atoms. The molecular formula is C76H111N21O25. The lowest BCUT2D eigenvalue weighted by molar-refractivity contribution is -0.145. The van der Waals surface area contributed by atoms with Gasteiger partial charge in [-0.3, -0.25) is 101 Å². The van der Waals surface area contributed by atoms with Crippen LogP contribution < -0.4 is 97.0 Å². The summed E-state index contributed by atoms with van der Waals surface area (Å²) in [4.78, 5) is 279. The SMILES string of the molecule is CCCN(CC(=O)N1CCC[C@H]1C(=O)NCC(=O)N[C@@H](CCCCN)C(=O)NCC(=O)C[C@@H](CCC(=O)O)C(=O)NCC(=O)N[C@@H](Cc1c[nH]c2ccccc12)C(=O)NCC(=O)NCC(=O)O)C(=O)[C@H](CCC(N)=O)NC(=O)CNC(=O)[C@@H](NC(=O)CNC(=O)[C@H](CO)NC(=O)CNC(=O)[C@H](Cc1ccc(O)cc1)NC(=O)CNC(=O)CN)[C@@H](C)CC. The number of aromatic amines is 1. The van der Waals surface area contributed by atoms with Gasteiger partial charge in [0.2, 0.25) is 106 Å². The van der Waals surface area contributed by atoms with Crippen molar-refractivity contribution in [3.05, 3.63) is 65.9 Å². The number of aliphatic hydroxyl groups is 1. The summed E-state index contributed by atoms with van der Waals surface area (Å²) in [5.74, 6) is -21.4. The van der Waals surface area contributed by atoms with Gasteiger partial charge in [-0.05, 0) is 93.2 Å². The molecule has 4 rings (SSSR count). The van der Waals surface area contributed by atoms with Crippen molar-refractivity contribution < 1.29 is 121 Å². The molecule has 46 heteroatoms. The van der Waals surface area contributed by atoms with Gasteiger partial charge in [0.05, 0.1) is 72.1 Å². The number of primary amides is 1. The second kappa shape index (κ2) is 53.3. The fourth-order valence-corrected chi connectivity index (χ4v) is 12.3. The van der Waals surface area contributed by atoms with Gasteiger partial charge in [-0.25, -0.2) is 0 Å². The molecule has 2 aromatic carbocycles. The average molecular weight is 1720 g/mol. The molecule has 0 aliphatic carbocycles. The van der Waals surface area contributed by atoms with E-state index in [1.165, 1.54) is 29.2 Å². The van der Waals surface area contributed by atoms with E-state index in [1.54, 1.807) is 51.2 Å². The number of fused-ring (bicyclic) bond motifs is 1. The number of aliphatic hydroxyl groups excluding tert-OH is 1. The van der Waals surface area contributed by atoms with E-state index >= 15 is 0 Å². The van der Waals surface area contributed by atoms with Crippen molar-refractivity contribution in [2.45, 2.75) is 153 Å². The number of carbonyl (C=O) groups is 21. The number of aliphatic carboxylic acids is 2. The van der Waals surface area contributed by atoms with E-state index in [1.807, 2.05) is 0 Å². The number of hydrogen-bond acceptors (Lipinski definition) is 25. The number of benzene rings is 2. The van der Waals surface area contributed by atoms with Crippen LogP contribution in [0.2, 0.25) is 0 Å². The monoisotopic (exact) mass is 1720 g/mol. The number of likely N-dealkylation sites (tertiary alicyclic amines) is 1. The summed E-state index contributed by atoms with van der Waals surface area (Å²) >= 11 is 0. The predicted octanol–water partition coefficient (Wildman–Crippen LogP) is -9.24. The number of phenolic OH excluding ortho intramolecular Hbond substituents is 1. The van der Waals surface area contributed by atoms with Crippen LogP contribution in [0.5, 0.6) is 5.75 Å². The Morgan fingerprint density at radius 1 is 0.533 bits per heavy atom. The Morgan fingerprint density at radius 2 is 1.05 bits per heavy atom. The molecule has 46 nitrogen and oxygen atoms in total. The van der Waals surface area contributed by atoms with E-state index in [2.05, 4.69) is 84.7 Å². The zero-order valence-corrected chi connectivity index (χ0v) is 67.9. The van der Waals surface area contributed by atoms with Crippen LogP contribution in [-0.2, 0) is 114 Å². The van der Waals surface area contributed by atoms with Crippen molar-refractivity contribution in [3.63, 3.8) is 0 Å². The number of carbonyl (C=O) groups excluding carboxylic acids is 19. The highest BCUT2D eigenvalue weighted by Gasteiger charge is 2.38. The Balaban J connectivity index is 1.31. The molecule has 122 heavy (non-hydrogen) atoms. The maximum absolute atomic E-state index is 14.3. The number of nitrogens with two attached hydrogens (primary N) is 3. The third kappa shape index (κ3) is 36.9. The Morgan fingerprint density at radius 3 is 1.62 bits per heavy atom. The first-order chi connectivity index (χ1) is 58.0. The van der Waals surface area contributed by atoms with Gasteiger partial charge in [0, 0.05) is 68.2 Å². The van der Waals surface area contributed by atoms with Gasteiger partial charge in [-0.2, -0.15) is 0 Å². The normalized spacial score (nSPS) is 14.0. The molecule has 3 aromatic rings. The third-order valence-corrected chi connectivity index (χ3v) is 19.0. The summed E-state index contributed by atoms with van der Waals surface area (Å²) in [6.07, 6.45) is 0.417. The van der Waals surface area contributed by atoms with Crippen molar-refractivity contribution >= 4 is 135 Å². The molecule has 1 fully saturated rings. The largest absolute Gasteiger partial charge is 0.508 e. The van der Waals surface area contributed by atoms with Gasteiger partial charge in [-0.1, -0.05) is 57.5 Å². The van der Waals surface area contributed by atoms with E-state index in [0.717, 1.165) is 4.90 Å². The molecule has 0 unspecified atom stereocenters. The number of rotatable bonds is 56. The lowest BCUT2D eigenvalue weighted by Gasteiger charge is -2.30. The minimum atomic E-state index is -1.68. The highest BCUT2D eigenvalue weighted by Crippen LogP contribution is 2.22. The average Bonchev–Trinajstić information content (AvgIpc) is 1.68. The summed E-state index contributed by atoms with van der Waals surface area (Å²) in [5, 5.41) is 74.0. The van der Waals surface area contributed by atoms with Crippen molar-refractivity contribution in [2.24, 2.45) is 29.0 Å². The molecule has 26 N–H and O–H groups in total. The van der Waals surface area contributed by atoms with Crippen LogP contribution in [0.4, 0.5) is 0 Å². The minimum absolute atomic E-state index is 0.0198. The third-order valence-electron chi connectivity index (χ3n) is 19.0. The predicted molar refractivity (Wildman–Crippen MR) is 429 cm³/mol. The molecule has 1 aromatic heterocycles. The highest BCUT2D eigenvalue weighted by atomic mass is 16.4. The van der Waals surface area contributed by atoms with Crippen LogP contribution in [0.3, 0.4) is 0 Å². The van der Waals surface area contributed by atoms with Gasteiger partial charge in [0.15, 0.2) is 5.78 Å². The Bertz CT molecular complexity index is 4200. The lowest BCUT2D eigenvalue weighted by Crippen LogP contribution is -2.57. The number of carboxylic acid groups (broad SMARTS) is 2. The van der Waals surface area contributed by atoms with Crippen LogP contribution in [0.1, 0.15) is 109 Å². The molecule has 670 valence electrons. The molecular weight excluding hydrogens is 1610 g/mol. The van der Waals surface area contributed by atoms with Crippen molar-refractivity contribution in [3.8, 4) is 5.75 Å². The van der Waals surface area contributed by atoms with Crippen molar-refractivity contribution in [1.29, 1.82) is 0 Å². The van der Waals surface area contributed by atoms with Crippen LogP contribution in [0, 0.1) is 11.8 Å². The molecule has 1 aliphatic rings. The van der Waals surface area contributed by atoms with Crippen molar-refractivity contribution in [2.75, 3.05) is 98.2 Å². The molecule has 18 amide bonds. The van der Waals surface area contributed by atoms with Gasteiger partial charge in [-0.15, -0.1) is 0 Å². The van der Waals surface area contributed by atoms with Gasteiger partial charge in [0.25, 0.3) is 0 Å². The van der Waals surface area contributed by atoms with Gasteiger partial charge >= 0.3 is 11.9 Å². The number of ketones is 1. The summed E-state index contributed by atoms with van der Waals surface area (Å²) < 4.78 is 0. The van der Waals surface area contributed by atoms with Crippen LogP contribution in [0.25, 0.3) is 10.9 Å². The fraction of sp³-hybridized carbons (Fsp3) is 0.539. The minimum Gasteiger partial charge on any atom is -0.508 e. The number of nitrogens with zero attached hydrogens (tertiary/aromatic N) is 2. The summed E-state index contributed by atoms with van der Waals surface area (Å²) in [6, 6.07) is 2.86. The number of H-pyrrole nitrogens is 1. The Kier molecular flexibility index (Phi) is 44.2. The fourth-order valence-electron chi connectivity index (χ4n) is 12.3. The number of aromatic nitrogens is 1. The van der Waals surface area contributed by atoms with Crippen LogP contribution in [0.15, 0.2) is 54.7 Å². The number of aromatic hydroxyl groups is 1. The smallest absolute Gasteiger partial charge is 0.322 e. The zero-order valence-electron chi connectivity index (χ0n) is 67.9. The summed E-state index contributed by atoms with van der Waals surface area (Å²) in [7, 11) is 0. The van der Waals surface area contributed by atoms with Gasteiger partial charge in [0.1, 0.15) is 54.6 Å². The van der Waals surface area contributed by atoms with E-state index in [-0.39, 0.29) is 76.8 Å². The van der Waals surface area contributed by atoms with Crippen LogP contribution >= 0.6 is 0 Å². The molecule has 9 atom stereocenters. The Labute approximate surface area is 699 Å². The highest BCUT2D eigenvalue weighted by molar-refractivity contribution is 6.00. The number of nitrogens with one attached hydrogen (secondary N) is 16. The molecule has 1 saturated heterocycles. The number of Topliss-reactive ketones (excluding diaryl/α,β-unsaturated/α-hetero) is 1. The van der Waals surface area contributed by atoms with Gasteiger partial charge < -0.3 is 132 Å². The zero-order chi connectivity index (χ0) is 90.5. The number of amides is 18. The number of para-hydroxylation sites is 1. The number of hydrogen-bond donors (Lipinski definition) is 23. The molecule has 0 saturated carbocycles. The first kappa shape index (κ1) is 101. The maximum atomic E-state index is 14.3. The Hall–Kier alpha value is -13.3. The standard InChI is InChI=1S/C76H111N21O25/c1-4-24-96(76(122)51(20-21-56(79)101)91-61(106)37-89-75(121)68(42(3)5-2)95-64(109)38-87-73(119)54(41-98)94-63(108)35-86-71(117)52(26-43-15-18-46(99)19-16-43)92-59(104)33-81-57(102)29-78)40-65(110)97-25-10-14-55(97)74(120)88-36-60(105)90-50(13-8-9-23-77)70(116)83-31-47(100)27-44(17-22-66(111)112)69(115)84-34-62(107)93-53(72(118)85-32-58(103)82-39-67(113)114)28-45-30-80-49-12-7-6-11-48(45)49/h6-7,11-12,15-16,18-19,30,42,44,50-55,68,80,98-99H,4-5,8-10,13-14,17,20-29,31-41,77-78H2,1-3H3,(H2,79,101)(H,81,102)(H,82,103)(H,83,116)(H,84,115)(H,85,118)(H,86,117)(H,87,119)(H,88,120)(H,89,121)(H,90,105)(H,91,106)(H,92,104)(H,93,107)(H,94,108)(H,95,109)(H,111,112)(H,113,114)/t42-,44+,50-,51-,52-,53-,54-,55-,68-/m0/s1. The first-order valence-corrected chi connectivity index (χ1v) is 39.4. The molecule has 2 heterocycles. The van der Waals surface area contributed by atoms with E-state index in [0.29, 0.717) is 34.9 Å². The quantitative estimate of drug-likeness (QED) is 0.0233. The van der Waals surface area contributed by atoms with E-state index in [4.69, 9.17) is 22.3 Å². The first-order valence-electron chi connectivity index (χ1n) is 39.4. The number of unbranched alkanes of at least 4 members (excludes halogenated alkanes) is 1. The number of carboxylic acids is 2. The number of phenols is 1.